The number of hydrogen-bond acceptors (Lipinski definition) is 3. The Morgan fingerprint density at radius 3 is 2.35 bits per heavy atom. The number of sulfonamides is 1. The van der Waals surface area contributed by atoms with E-state index in [4.69, 9.17) is 5.14 Å². The van der Waals surface area contributed by atoms with Gasteiger partial charge in [0, 0.05) is 0 Å². The first-order valence-corrected chi connectivity index (χ1v) is 6.00. The highest BCUT2D eigenvalue weighted by Gasteiger charge is 2.27. The molecule has 17 heavy (non-hydrogen) atoms. The normalized spacial score (nSPS) is 12.7. The summed E-state index contributed by atoms with van der Waals surface area (Å²) in [7, 11) is -3.96. The van der Waals surface area contributed by atoms with Gasteiger partial charge in [-0.2, -0.15) is 13.2 Å². The molecule has 0 saturated carbocycles. The minimum Gasteiger partial charge on any atom is -0.367 e. The Balaban J connectivity index is 2.79. The molecule has 96 valence electrons. The standard InChI is InChI=1S/C9H10F3NO3S/c10-9(11,12)6-16-5-7-3-1-2-4-8(7)17(13,14)15/h1-4H,5-6H2,(H2,13,14,15). The van der Waals surface area contributed by atoms with Crippen LogP contribution in [0.1, 0.15) is 5.56 Å². The van der Waals surface area contributed by atoms with Crippen LogP contribution >= 0.6 is 0 Å². The van der Waals surface area contributed by atoms with Gasteiger partial charge in [-0.25, -0.2) is 13.6 Å². The van der Waals surface area contributed by atoms with Crippen LogP contribution in [0.3, 0.4) is 0 Å². The van der Waals surface area contributed by atoms with Crippen molar-refractivity contribution in [1.82, 2.24) is 0 Å². The molecule has 0 amide bonds. The summed E-state index contributed by atoms with van der Waals surface area (Å²) in [5.74, 6) is 0. The van der Waals surface area contributed by atoms with E-state index in [-0.39, 0.29) is 10.5 Å². The molecule has 0 aliphatic carbocycles. The molecule has 0 aliphatic heterocycles. The summed E-state index contributed by atoms with van der Waals surface area (Å²) in [6.45, 7) is -1.90. The van der Waals surface area contributed by atoms with Crippen LogP contribution in [0.25, 0.3) is 0 Å². The van der Waals surface area contributed by atoms with Gasteiger partial charge in [-0.05, 0) is 11.6 Å². The summed E-state index contributed by atoms with van der Waals surface area (Å²) < 4.78 is 62.1. The second-order valence-electron chi connectivity index (χ2n) is 3.26. The van der Waals surface area contributed by atoms with E-state index in [1.54, 1.807) is 0 Å². The van der Waals surface area contributed by atoms with Crippen molar-refractivity contribution < 1.29 is 26.3 Å². The van der Waals surface area contributed by atoms with Crippen LogP contribution in [0.4, 0.5) is 13.2 Å². The van der Waals surface area contributed by atoms with E-state index in [2.05, 4.69) is 4.74 Å². The van der Waals surface area contributed by atoms with Gasteiger partial charge in [0.2, 0.25) is 10.0 Å². The summed E-state index contributed by atoms with van der Waals surface area (Å²) in [5.41, 5.74) is 0.0965. The Bertz CT molecular complexity index is 485. The summed E-state index contributed by atoms with van der Waals surface area (Å²) in [6, 6.07) is 5.46. The SMILES string of the molecule is NS(=O)(=O)c1ccccc1COCC(F)(F)F. The maximum atomic E-state index is 11.8. The fraction of sp³-hybridized carbons (Fsp3) is 0.333. The average Bonchev–Trinajstić information content (AvgIpc) is 2.15. The molecule has 0 unspecified atom stereocenters. The molecule has 0 aliphatic rings. The maximum Gasteiger partial charge on any atom is 0.411 e. The van der Waals surface area contributed by atoms with Crippen LogP contribution in [-0.2, 0) is 21.4 Å². The minimum absolute atomic E-state index is 0.0965. The van der Waals surface area contributed by atoms with Gasteiger partial charge in [0.15, 0.2) is 0 Å². The average molecular weight is 269 g/mol. The second kappa shape index (κ2) is 5.03. The number of halogens is 3. The largest absolute Gasteiger partial charge is 0.411 e. The first kappa shape index (κ1) is 13.9. The Morgan fingerprint density at radius 2 is 1.82 bits per heavy atom. The lowest BCUT2D eigenvalue weighted by molar-refractivity contribution is -0.176. The molecule has 0 heterocycles. The summed E-state index contributed by atoms with van der Waals surface area (Å²) in [5, 5.41) is 4.91. The van der Waals surface area contributed by atoms with E-state index in [0.717, 1.165) is 0 Å². The van der Waals surface area contributed by atoms with Crippen LogP contribution in [-0.4, -0.2) is 21.2 Å². The predicted molar refractivity (Wildman–Crippen MR) is 53.5 cm³/mol. The number of benzene rings is 1. The number of hydrogen-bond donors (Lipinski definition) is 1. The molecule has 0 aromatic heterocycles. The lowest BCUT2D eigenvalue weighted by Crippen LogP contribution is -2.18. The Hall–Kier alpha value is -1.12. The quantitative estimate of drug-likeness (QED) is 0.898. The van der Waals surface area contributed by atoms with Crippen molar-refractivity contribution in [3.63, 3.8) is 0 Å². The van der Waals surface area contributed by atoms with Crippen LogP contribution in [0.2, 0.25) is 0 Å². The van der Waals surface area contributed by atoms with Gasteiger partial charge in [0.25, 0.3) is 0 Å². The van der Waals surface area contributed by atoms with Crippen molar-refractivity contribution >= 4 is 10.0 Å². The molecule has 0 atom stereocenters. The Morgan fingerprint density at radius 1 is 1.24 bits per heavy atom. The highest BCUT2D eigenvalue weighted by molar-refractivity contribution is 7.89. The van der Waals surface area contributed by atoms with Crippen molar-refractivity contribution in [2.24, 2.45) is 5.14 Å². The maximum absolute atomic E-state index is 11.8. The van der Waals surface area contributed by atoms with Crippen LogP contribution in [0, 0.1) is 0 Å². The van der Waals surface area contributed by atoms with Crippen LogP contribution < -0.4 is 5.14 Å². The van der Waals surface area contributed by atoms with E-state index in [1.165, 1.54) is 24.3 Å². The van der Waals surface area contributed by atoms with Crippen molar-refractivity contribution in [3.8, 4) is 0 Å². The van der Waals surface area contributed by atoms with E-state index in [1.807, 2.05) is 0 Å². The molecular weight excluding hydrogens is 259 g/mol. The molecule has 1 rings (SSSR count). The molecule has 1 aromatic carbocycles. The first-order valence-electron chi connectivity index (χ1n) is 4.45. The zero-order valence-electron chi connectivity index (χ0n) is 8.57. The fourth-order valence-electron chi connectivity index (χ4n) is 1.18. The van der Waals surface area contributed by atoms with Crippen molar-refractivity contribution in [2.75, 3.05) is 6.61 Å². The van der Waals surface area contributed by atoms with E-state index < -0.39 is 29.4 Å². The summed E-state index contributed by atoms with van der Waals surface area (Å²) in [4.78, 5) is -0.234. The monoisotopic (exact) mass is 269 g/mol. The molecule has 0 radical (unpaired) electrons. The van der Waals surface area contributed by atoms with E-state index in [0.29, 0.717) is 0 Å². The third-order valence-electron chi connectivity index (χ3n) is 1.80. The van der Waals surface area contributed by atoms with Crippen molar-refractivity contribution in [1.29, 1.82) is 0 Å². The van der Waals surface area contributed by atoms with Gasteiger partial charge in [0.05, 0.1) is 11.5 Å². The predicted octanol–water partition coefficient (Wildman–Crippen LogP) is 1.41. The highest BCUT2D eigenvalue weighted by atomic mass is 32.2. The number of primary sulfonamides is 1. The number of ether oxygens (including phenoxy) is 1. The van der Waals surface area contributed by atoms with E-state index >= 15 is 0 Å². The highest BCUT2D eigenvalue weighted by Crippen LogP contribution is 2.18. The molecule has 4 nitrogen and oxygen atoms in total. The minimum atomic E-state index is -4.45. The fourth-order valence-corrected chi connectivity index (χ4v) is 1.94. The Kier molecular flexibility index (Phi) is 4.12. The lowest BCUT2D eigenvalue weighted by Gasteiger charge is -2.10. The van der Waals surface area contributed by atoms with Crippen molar-refractivity contribution in [2.45, 2.75) is 17.7 Å². The number of alkyl halides is 3. The van der Waals surface area contributed by atoms with E-state index in [9.17, 15) is 21.6 Å². The smallest absolute Gasteiger partial charge is 0.367 e. The molecule has 0 saturated heterocycles. The van der Waals surface area contributed by atoms with Gasteiger partial charge in [-0.3, -0.25) is 0 Å². The van der Waals surface area contributed by atoms with Crippen LogP contribution in [0.15, 0.2) is 29.2 Å². The Labute approximate surface area is 96.2 Å². The number of nitrogens with two attached hydrogens (primary N) is 1. The molecular formula is C9H10F3NO3S. The third kappa shape index (κ3) is 4.72. The zero-order chi connectivity index (χ0) is 13.1. The summed E-state index contributed by atoms with van der Waals surface area (Å²) in [6.07, 6.45) is -4.45. The molecule has 0 spiro atoms. The number of rotatable bonds is 4. The third-order valence-corrected chi connectivity index (χ3v) is 2.81. The van der Waals surface area contributed by atoms with Gasteiger partial charge in [0.1, 0.15) is 6.61 Å². The molecule has 0 bridgehead atoms. The van der Waals surface area contributed by atoms with Gasteiger partial charge in [-0.1, -0.05) is 18.2 Å². The second-order valence-corrected chi connectivity index (χ2v) is 4.79. The molecule has 0 fully saturated rings. The molecule has 1 aromatic rings. The molecule has 8 heteroatoms. The van der Waals surface area contributed by atoms with Crippen molar-refractivity contribution in [3.05, 3.63) is 29.8 Å². The zero-order valence-corrected chi connectivity index (χ0v) is 9.38. The van der Waals surface area contributed by atoms with Gasteiger partial charge in [-0.15, -0.1) is 0 Å². The summed E-state index contributed by atoms with van der Waals surface area (Å²) >= 11 is 0. The molecule has 2 N–H and O–H groups in total. The van der Waals surface area contributed by atoms with Gasteiger partial charge >= 0.3 is 6.18 Å². The van der Waals surface area contributed by atoms with Gasteiger partial charge < -0.3 is 4.74 Å². The first-order chi connectivity index (χ1) is 7.70. The lowest BCUT2D eigenvalue weighted by atomic mass is 10.2. The van der Waals surface area contributed by atoms with Crippen LogP contribution in [0.5, 0.6) is 0 Å². The topological polar surface area (TPSA) is 69.4 Å².